The van der Waals surface area contributed by atoms with Crippen LogP contribution < -0.4 is 0 Å². The molecule has 0 radical (unpaired) electrons. The van der Waals surface area contributed by atoms with E-state index in [1.54, 1.807) is 0 Å². The molecule has 0 spiro atoms. The number of aliphatic carboxylic acids is 1. The van der Waals surface area contributed by atoms with Crippen molar-refractivity contribution in [3.05, 3.63) is 35.6 Å². The van der Waals surface area contributed by atoms with Crippen molar-refractivity contribution in [2.45, 2.75) is 25.6 Å². The van der Waals surface area contributed by atoms with Crippen LogP contribution in [0.1, 0.15) is 18.4 Å². The summed E-state index contributed by atoms with van der Waals surface area (Å²) in [7, 11) is 0. The maximum absolute atomic E-state index is 13.1. The highest BCUT2D eigenvalue weighted by atomic mass is 19.4. The summed E-state index contributed by atoms with van der Waals surface area (Å²) in [6.07, 6.45) is -3.66. The van der Waals surface area contributed by atoms with Crippen LogP contribution in [0.4, 0.5) is 17.6 Å². The third-order valence-electron chi connectivity index (χ3n) is 5.87. The second-order valence-electron chi connectivity index (χ2n) is 8.23. The van der Waals surface area contributed by atoms with E-state index < -0.39 is 12.1 Å². The Balaban J connectivity index is 0.000000360. The van der Waals surface area contributed by atoms with Gasteiger partial charge in [0.15, 0.2) is 0 Å². The third-order valence-corrected chi connectivity index (χ3v) is 5.87. The van der Waals surface area contributed by atoms with Crippen molar-refractivity contribution in [1.29, 1.82) is 0 Å². The van der Waals surface area contributed by atoms with Crippen LogP contribution in [0.15, 0.2) is 24.3 Å². The van der Waals surface area contributed by atoms with Crippen molar-refractivity contribution in [3.8, 4) is 0 Å². The highest BCUT2D eigenvalue weighted by molar-refractivity contribution is 5.75. The molecule has 0 saturated carbocycles. The molecule has 1 aromatic rings. The number of carbonyl (C=O) groups excluding carboxylic acids is 1. The fourth-order valence-corrected chi connectivity index (χ4v) is 4.35. The lowest BCUT2D eigenvalue weighted by molar-refractivity contribution is -0.192. The Hall–Kier alpha value is -2.24. The molecule has 0 unspecified atom stereocenters. The number of benzene rings is 1. The molecule has 178 valence electrons. The molecule has 3 aliphatic heterocycles. The zero-order valence-electron chi connectivity index (χ0n) is 17.4. The summed E-state index contributed by atoms with van der Waals surface area (Å²) in [5.41, 5.74) is 1.12. The molecule has 3 saturated heterocycles. The van der Waals surface area contributed by atoms with Crippen molar-refractivity contribution in [3.63, 3.8) is 0 Å². The van der Waals surface area contributed by atoms with Gasteiger partial charge in [-0.2, -0.15) is 13.2 Å². The van der Waals surface area contributed by atoms with Gasteiger partial charge in [-0.3, -0.25) is 14.5 Å². The summed E-state index contributed by atoms with van der Waals surface area (Å²) < 4.78 is 50.6. The molecule has 1 N–H and O–H groups in total. The second kappa shape index (κ2) is 10.6. The predicted molar refractivity (Wildman–Crippen MR) is 104 cm³/mol. The number of hydrogen-bond donors (Lipinski definition) is 1. The van der Waals surface area contributed by atoms with Crippen molar-refractivity contribution >= 4 is 11.9 Å². The normalized spacial score (nSPS) is 25.8. The molecule has 11 heteroatoms. The number of hydroxylamine groups is 2. The number of carbonyl (C=O) groups is 2. The van der Waals surface area contributed by atoms with E-state index in [0.717, 1.165) is 38.2 Å². The number of carboxylic acids is 1. The minimum atomic E-state index is -5.08. The average molecular weight is 462 g/mol. The Kier molecular flexibility index (Phi) is 8.07. The first-order valence-electron chi connectivity index (χ1n) is 10.4. The van der Waals surface area contributed by atoms with Crippen molar-refractivity contribution in [2.24, 2.45) is 17.8 Å². The zero-order chi connectivity index (χ0) is 23.3. The number of amides is 1. The topological polar surface area (TPSA) is 79.3 Å². The van der Waals surface area contributed by atoms with E-state index in [4.69, 9.17) is 19.5 Å². The van der Waals surface area contributed by atoms with Crippen molar-refractivity contribution < 1.29 is 41.8 Å². The van der Waals surface area contributed by atoms with Crippen LogP contribution in [0.2, 0.25) is 0 Å². The molecule has 3 atom stereocenters. The molecule has 3 heterocycles. The Morgan fingerprint density at radius 2 is 1.81 bits per heavy atom. The number of nitrogens with zero attached hydrogens (tertiary/aromatic N) is 2. The Bertz CT molecular complexity index is 783. The quantitative estimate of drug-likeness (QED) is 0.694. The summed E-state index contributed by atoms with van der Waals surface area (Å²) in [6.45, 7) is 5.56. The number of fused-ring (bicyclic) bond motifs is 1. The van der Waals surface area contributed by atoms with Crippen LogP contribution in [0, 0.1) is 23.6 Å². The van der Waals surface area contributed by atoms with Gasteiger partial charge in [0, 0.05) is 26.1 Å². The first-order valence-corrected chi connectivity index (χ1v) is 10.4. The summed E-state index contributed by atoms with van der Waals surface area (Å²) in [5, 5.41) is 8.65. The van der Waals surface area contributed by atoms with E-state index in [1.165, 1.54) is 17.2 Å². The van der Waals surface area contributed by atoms with E-state index in [-0.39, 0.29) is 17.6 Å². The van der Waals surface area contributed by atoms with Gasteiger partial charge < -0.3 is 9.84 Å². The molecule has 3 aliphatic rings. The van der Waals surface area contributed by atoms with Gasteiger partial charge in [0.25, 0.3) is 0 Å². The lowest BCUT2D eigenvalue weighted by Gasteiger charge is -2.33. The Morgan fingerprint density at radius 1 is 1.12 bits per heavy atom. The van der Waals surface area contributed by atoms with Crippen molar-refractivity contribution in [2.75, 3.05) is 39.5 Å². The number of ether oxygens (including phenoxy) is 1. The molecule has 1 amide bonds. The Morgan fingerprint density at radius 3 is 2.41 bits per heavy atom. The largest absolute Gasteiger partial charge is 0.490 e. The maximum atomic E-state index is 13.1. The van der Waals surface area contributed by atoms with Crippen LogP contribution in [0.25, 0.3) is 0 Å². The number of likely N-dealkylation sites (tertiary alicyclic amines) is 1. The molecule has 32 heavy (non-hydrogen) atoms. The smallest absolute Gasteiger partial charge is 0.475 e. The lowest BCUT2D eigenvalue weighted by Crippen LogP contribution is -2.38. The number of rotatable bonds is 4. The minimum Gasteiger partial charge on any atom is -0.475 e. The summed E-state index contributed by atoms with van der Waals surface area (Å²) >= 11 is 0. The van der Waals surface area contributed by atoms with Gasteiger partial charge in [-0.15, -0.1) is 0 Å². The van der Waals surface area contributed by atoms with Gasteiger partial charge in [-0.25, -0.2) is 14.2 Å². The molecule has 0 aliphatic carbocycles. The van der Waals surface area contributed by atoms with Crippen LogP contribution in [-0.2, 0) is 25.7 Å². The predicted octanol–water partition coefficient (Wildman–Crippen LogP) is 2.71. The number of alkyl halides is 3. The fraction of sp³-hybridized carbons (Fsp3) is 0.619. The van der Waals surface area contributed by atoms with Gasteiger partial charge >= 0.3 is 12.1 Å². The van der Waals surface area contributed by atoms with E-state index in [2.05, 4.69) is 4.90 Å². The van der Waals surface area contributed by atoms with Gasteiger partial charge in [-0.05, 0) is 41.9 Å². The van der Waals surface area contributed by atoms with Gasteiger partial charge in [0.05, 0.1) is 26.4 Å². The molecule has 1 aromatic carbocycles. The van der Waals surface area contributed by atoms with Gasteiger partial charge in [-0.1, -0.05) is 12.1 Å². The Labute approximate surface area is 182 Å². The second-order valence-corrected chi connectivity index (χ2v) is 8.23. The van der Waals surface area contributed by atoms with Crippen LogP contribution in [0.3, 0.4) is 0 Å². The first-order chi connectivity index (χ1) is 15.1. The molecular formula is C21H26F4N2O5. The summed E-state index contributed by atoms with van der Waals surface area (Å²) in [5.74, 6) is -1.65. The van der Waals surface area contributed by atoms with Crippen molar-refractivity contribution in [1.82, 2.24) is 9.96 Å². The van der Waals surface area contributed by atoms with Crippen LogP contribution in [0.5, 0.6) is 0 Å². The minimum absolute atomic E-state index is 0.0868. The lowest BCUT2D eigenvalue weighted by atomic mass is 9.81. The van der Waals surface area contributed by atoms with Gasteiger partial charge in [0.2, 0.25) is 5.91 Å². The average Bonchev–Trinajstić information content (AvgIpc) is 3.40. The summed E-state index contributed by atoms with van der Waals surface area (Å²) in [4.78, 5) is 29.1. The van der Waals surface area contributed by atoms with Crippen LogP contribution in [-0.4, -0.2) is 72.6 Å². The highest BCUT2D eigenvalue weighted by Crippen LogP contribution is 2.36. The zero-order valence-corrected chi connectivity index (χ0v) is 17.4. The monoisotopic (exact) mass is 462 g/mol. The molecule has 7 nitrogen and oxygen atoms in total. The van der Waals surface area contributed by atoms with E-state index in [1.807, 2.05) is 12.1 Å². The molecular weight excluding hydrogens is 436 g/mol. The number of halogens is 4. The van der Waals surface area contributed by atoms with E-state index in [9.17, 15) is 22.4 Å². The highest BCUT2D eigenvalue weighted by Gasteiger charge is 2.42. The first kappa shape index (κ1) is 24.4. The summed E-state index contributed by atoms with van der Waals surface area (Å²) in [6, 6.07) is 6.72. The number of carboxylic acid groups (broad SMARTS) is 1. The molecule has 0 bridgehead atoms. The molecule has 4 rings (SSSR count). The molecule has 0 aromatic heterocycles. The van der Waals surface area contributed by atoms with Crippen LogP contribution >= 0.6 is 0 Å². The standard InChI is InChI=1S/C19H25FN2O3.C2HF3O2/c20-17-4-2-14(3-5-17)9-21-10-16-13-24-12-15(18(16)11-21)8-19(23)22-6-1-7-25-22;3-2(4,5)1(6)7/h2-5,15-16,18H,1,6-13H2;(H,6,7)/t15-,16-,18+;/m1./s1. The maximum Gasteiger partial charge on any atom is 0.490 e. The van der Waals surface area contributed by atoms with Gasteiger partial charge in [0.1, 0.15) is 5.82 Å². The number of hydrogen-bond acceptors (Lipinski definition) is 5. The third kappa shape index (κ3) is 6.63. The SMILES string of the molecule is O=C(C[C@@H]1COC[C@H]2CN(Cc3ccc(F)cc3)C[C@@H]12)N1CCCO1.O=C(O)C(F)(F)F. The molecule has 3 fully saturated rings. The van der Waals surface area contributed by atoms with E-state index in [0.29, 0.717) is 38.0 Å². The fourth-order valence-electron chi connectivity index (χ4n) is 4.35. The van der Waals surface area contributed by atoms with E-state index >= 15 is 0 Å².